The second-order valence-corrected chi connectivity index (χ2v) is 7.61. The normalized spacial score (nSPS) is 16.6. The van der Waals surface area contributed by atoms with Gasteiger partial charge in [-0.2, -0.15) is 0 Å². The van der Waals surface area contributed by atoms with Crippen molar-refractivity contribution < 1.29 is 18.7 Å². The zero-order valence-electron chi connectivity index (χ0n) is 17.6. The van der Waals surface area contributed by atoms with E-state index in [2.05, 4.69) is 0 Å². The summed E-state index contributed by atoms with van der Waals surface area (Å²) >= 11 is 0. The average molecular weight is 418 g/mol. The smallest absolute Gasteiger partial charge is 0.255 e. The van der Waals surface area contributed by atoms with Crippen molar-refractivity contribution in [3.63, 3.8) is 0 Å². The highest BCUT2D eigenvalue weighted by Gasteiger charge is 2.42. The lowest BCUT2D eigenvalue weighted by molar-refractivity contribution is -0.128. The van der Waals surface area contributed by atoms with E-state index in [1.54, 1.807) is 43.5 Å². The zero-order valence-corrected chi connectivity index (χ0v) is 17.6. The van der Waals surface area contributed by atoms with Gasteiger partial charge in [-0.25, -0.2) is 4.39 Å². The molecule has 1 saturated heterocycles. The van der Waals surface area contributed by atoms with Crippen molar-refractivity contribution in [2.75, 3.05) is 23.5 Å². The van der Waals surface area contributed by atoms with E-state index in [0.717, 1.165) is 11.1 Å². The monoisotopic (exact) mass is 418 g/mol. The minimum Gasteiger partial charge on any atom is -0.497 e. The van der Waals surface area contributed by atoms with Crippen LogP contribution in [0.1, 0.15) is 22.7 Å². The lowest BCUT2D eigenvalue weighted by Crippen LogP contribution is -2.56. The number of carbonyl (C=O) groups excluding carboxylic acids is 2. The van der Waals surface area contributed by atoms with Crippen LogP contribution in [0.15, 0.2) is 66.7 Å². The quantitative estimate of drug-likeness (QED) is 0.624. The molecule has 4 rings (SSSR count). The van der Waals surface area contributed by atoms with Crippen molar-refractivity contribution in [1.82, 2.24) is 0 Å². The number of halogens is 1. The molecule has 2 amide bonds. The van der Waals surface area contributed by atoms with Crippen LogP contribution in [0.25, 0.3) is 0 Å². The van der Waals surface area contributed by atoms with Crippen molar-refractivity contribution in [1.29, 1.82) is 0 Å². The number of aryl methyl sites for hydroxylation is 2. The molecular formula is C25H23FN2O3. The third kappa shape index (κ3) is 3.77. The lowest BCUT2D eigenvalue weighted by atomic mass is 9.98. The van der Waals surface area contributed by atoms with Crippen molar-refractivity contribution in [3.05, 3.63) is 89.2 Å². The topological polar surface area (TPSA) is 49.9 Å². The van der Waals surface area contributed by atoms with E-state index in [9.17, 15) is 14.0 Å². The predicted octanol–water partition coefficient (Wildman–Crippen LogP) is 4.57. The van der Waals surface area contributed by atoms with E-state index in [4.69, 9.17) is 4.74 Å². The highest BCUT2D eigenvalue weighted by Crippen LogP contribution is 2.37. The fourth-order valence-corrected chi connectivity index (χ4v) is 3.99. The van der Waals surface area contributed by atoms with Gasteiger partial charge in [-0.05, 0) is 55.3 Å². The third-order valence-electron chi connectivity index (χ3n) is 5.51. The fourth-order valence-electron chi connectivity index (χ4n) is 3.99. The molecule has 1 fully saturated rings. The minimum atomic E-state index is -0.923. The van der Waals surface area contributed by atoms with Crippen LogP contribution >= 0.6 is 0 Å². The van der Waals surface area contributed by atoms with Gasteiger partial charge < -0.3 is 4.74 Å². The largest absolute Gasteiger partial charge is 0.497 e. The van der Waals surface area contributed by atoms with Crippen LogP contribution in [0.3, 0.4) is 0 Å². The van der Waals surface area contributed by atoms with Crippen LogP contribution in [0.2, 0.25) is 0 Å². The molecule has 158 valence electrons. The predicted molar refractivity (Wildman–Crippen MR) is 118 cm³/mol. The Hall–Kier alpha value is -3.67. The fraction of sp³-hybridized carbons (Fsp3) is 0.200. The molecule has 0 aromatic heterocycles. The second-order valence-electron chi connectivity index (χ2n) is 7.61. The van der Waals surface area contributed by atoms with Crippen LogP contribution < -0.4 is 14.5 Å². The first-order valence-electron chi connectivity index (χ1n) is 10.00. The van der Waals surface area contributed by atoms with E-state index in [1.807, 2.05) is 32.0 Å². The molecule has 0 saturated carbocycles. The van der Waals surface area contributed by atoms with Crippen molar-refractivity contribution in [2.45, 2.75) is 19.9 Å². The van der Waals surface area contributed by atoms with Crippen LogP contribution in [-0.2, 0) is 9.59 Å². The van der Waals surface area contributed by atoms with E-state index < -0.39 is 11.9 Å². The summed E-state index contributed by atoms with van der Waals surface area (Å²) < 4.78 is 19.7. The van der Waals surface area contributed by atoms with E-state index in [0.29, 0.717) is 17.0 Å². The summed E-state index contributed by atoms with van der Waals surface area (Å²) in [6, 6.07) is 17.8. The van der Waals surface area contributed by atoms with Gasteiger partial charge in [0.1, 0.15) is 24.2 Å². The first-order valence-corrected chi connectivity index (χ1v) is 10.00. The van der Waals surface area contributed by atoms with Crippen LogP contribution in [-0.4, -0.2) is 25.5 Å². The number of amides is 2. The van der Waals surface area contributed by atoms with Crippen molar-refractivity contribution >= 4 is 23.2 Å². The summed E-state index contributed by atoms with van der Waals surface area (Å²) in [5.41, 5.74) is 3.34. The van der Waals surface area contributed by atoms with Crippen molar-refractivity contribution in [3.8, 4) is 5.75 Å². The lowest BCUT2D eigenvalue weighted by Gasteiger charge is -2.41. The Morgan fingerprint density at radius 1 is 0.935 bits per heavy atom. The maximum Gasteiger partial charge on any atom is 0.255 e. The Kier molecular flexibility index (Phi) is 5.46. The van der Waals surface area contributed by atoms with Gasteiger partial charge >= 0.3 is 0 Å². The van der Waals surface area contributed by atoms with Gasteiger partial charge in [0.25, 0.3) is 5.91 Å². The number of carbonyl (C=O) groups is 2. The average Bonchev–Trinajstić information content (AvgIpc) is 2.76. The summed E-state index contributed by atoms with van der Waals surface area (Å²) in [4.78, 5) is 29.8. The summed E-state index contributed by atoms with van der Waals surface area (Å²) in [6.45, 7) is 3.65. The van der Waals surface area contributed by atoms with Gasteiger partial charge in [0, 0.05) is 5.69 Å². The molecule has 1 heterocycles. The number of nitrogens with zero attached hydrogens (tertiary/aromatic N) is 2. The Labute approximate surface area is 180 Å². The van der Waals surface area contributed by atoms with Crippen LogP contribution in [0.5, 0.6) is 5.75 Å². The first-order chi connectivity index (χ1) is 14.9. The molecule has 0 unspecified atom stereocenters. The third-order valence-corrected chi connectivity index (χ3v) is 5.51. The van der Waals surface area contributed by atoms with Gasteiger partial charge in [-0.3, -0.25) is 19.4 Å². The number of piperazine rings is 1. The number of hydrogen-bond acceptors (Lipinski definition) is 3. The van der Waals surface area contributed by atoms with E-state index in [1.165, 1.54) is 21.9 Å². The molecule has 6 heteroatoms. The zero-order chi connectivity index (χ0) is 22.1. The molecule has 0 bridgehead atoms. The second kappa shape index (κ2) is 8.22. The standard InChI is InChI=1S/C25H23FN2O3/c1-16-8-13-21(17(2)14-16)28-23(29)15-27(22-7-5-4-6-20(22)26)25(30)24(28)18-9-11-19(31-3)12-10-18/h4-14,24H,15H2,1-3H3/t24-/m1/s1. The molecule has 1 aliphatic rings. The first kappa shape index (κ1) is 20.6. The number of rotatable bonds is 4. The van der Waals surface area contributed by atoms with E-state index in [-0.39, 0.29) is 24.0 Å². The van der Waals surface area contributed by atoms with Gasteiger partial charge in [0.05, 0.1) is 12.8 Å². The maximum absolute atomic E-state index is 14.5. The Bertz CT molecular complexity index is 1140. The summed E-state index contributed by atoms with van der Waals surface area (Å²) in [5, 5.41) is 0. The molecule has 3 aromatic rings. The number of anilines is 2. The molecule has 0 aliphatic carbocycles. The summed E-state index contributed by atoms with van der Waals surface area (Å²) in [7, 11) is 1.56. The molecule has 0 N–H and O–H groups in total. The minimum absolute atomic E-state index is 0.0969. The van der Waals surface area contributed by atoms with Gasteiger partial charge in [0.2, 0.25) is 5.91 Å². The van der Waals surface area contributed by atoms with E-state index >= 15 is 0 Å². The molecule has 1 atom stereocenters. The molecule has 3 aromatic carbocycles. The Morgan fingerprint density at radius 2 is 1.65 bits per heavy atom. The number of hydrogen-bond donors (Lipinski definition) is 0. The molecule has 5 nitrogen and oxygen atoms in total. The Morgan fingerprint density at radius 3 is 2.29 bits per heavy atom. The molecular weight excluding hydrogens is 395 g/mol. The summed E-state index contributed by atoms with van der Waals surface area (Å²) in [5.74, 6) is -0.551. The SMILES string of the molecule is COc1ccc([C@@H]2C(=O)N(c3ccccc3F)CC(=O)N2c2ccc(C)cc2C)cc1. The highest BCUT2D eigenvalue weighted by atomic mass is 19.1. The number of methoxy groups -OCH3 is 1. The van der Waals surface area contributed by atoms with Crippen LogP contribution in [0, 0.1) is 19.7 Å². The van der Waals surface area contributed by atoms with Crippen LogP contribution in [0.4, 0.5) is 15.8 Å². The number of para-hydroxylation sites is 1. The molecule has 1 aliphatic heterocycles. The summed E-state index contributed by atoms with van der Waals surface area (Å²) in [6.07, 6.45) is 0. The van der Waals surface area contributed by atoms with Crippen molar-refractivity contribution in [2.24, 2.45) is 0 Å². The highest BCUT2D eigenvalue weighted by molar-refractivity contribution is 6.14. The molecule has 0 radical (unpaired) electrons. The number of benzene rings is 3. The van der Waals surface area contributed by atoms with Gasteiger partial charge in [0.15, 0.2) is 0 Å². The van der Waals surface area contributed by atoms with Gasteiger partial charge in [-0.15, -0.1) is 0 Å². The molecule has 31 heavy (non-hydrogen) atoms. The molecule has 0 spiro atoms. The van der Waals surface area contributed by atoms with Gasteiger partial charge in [-0.1, -0.05) is 42.0 Å². The maximum atomic E-state index is 14.5. The number of ether oxygens (including phenoxy) is 1. The Balaban J connectivity index is 1.85.